The summed E-state index contributed by atoms with van der Waals surface area (Å²) in [5, 5.41) is 21.0. The molecule has 0 spiro atoms. The van der Waals surface area contributed by atoms with Crippen LogP contribution in [0.4, 0.5) is 0 Å². The second-order valence-electron chi connectivity index (χ2n) is 11.6. The number of fused-ring (bicyclic) bond motifs is 1. The number of carbonyl (C=O) groups excluding carboxylic acids is 3. The van der Waals surface area contributed by atoms with Crippen molar-refractivity contribution in [3.63, 3.8) is 0 Å². The van der Waals surface area contributed by atoms with Gasteiger partial charge in [0.05, 0.1) is 18.3 Å². The molecule has 2 unspecified atom stereocenters. The fraction of sp³-hybridized carbons (Fsp3) is 0.581. The number of aliphatic hydroxyl groups is 2. The molecule has 1 aliphatic heterocycles. The summed E-state index contributed by atoms with van der Waals surface area (Å²) in [6.45, 7) is 11.9. The minimum atomic E-state index is -1.75. The Morgan fingerprint density at radius 1 is 1.24 bits per heavy atom. The van der Waals surface area contributed by atoms with E-state index in [4.69, 9.17) is 4.74 Å². The molecule has 37 heavy (non-hydrogen) atoms. The Kier molecular flexibility index (Phi) is 9.30. The van der Waals surface area contributed by atoms with Gasteiger partial charge in [0.1, 0.15) is 17.1 Å². The molecule has 0 saturated heterocycles. The summed E-state index contributed by atoms with van der Waals surface area (Å²) in [4.78, 5) is 38.4. The van der Waals surface area contributed by atoms with E-state index in [2.05, 4.69) is 26.8 Å². The standard InChI is InChI=1S/C31H42O6/c1-7-18(2)10-20(4)11-19(3)8-9-23(32)15-26-25-17-37-28(13-22(25)14-29(35)31(26,6)36)30-21(5)12-24(33)16-27(30)34/h8-9,11,13-14,17-18,20-21,24,26,30,33,36H,7,10,12,15-16H2,1-6H3/b9-8+,19-11?/t18?,20?,21-,24+,26-,30+,31+/m0/s1. The highest BCUT2D eigenvalue weighted by Gasteiger charge is 2.47. The highest BCUT2D eigenvalue weighted by atomic mass is 16.5. The lowest BCUT2D eigenvalue weighted by atomic mass is 9.69. The van der Waals surface area contributed by atoms with Crippen LogP contribution >= 0.6 is 0 Å². The number of aliphatic hydroxyl groups excluding tert-OH is 1. The lowest BCUT2D eigenvalue weighted by molar-refractivity contribution is -0.136. The van der Waals surface area contributed by atoms with Crippen LogP contribution in [0.5, 0.6) is 0 Å². The number of hydrogen-bond donors (Lipinski definition) is 2. The van der Waals surface area contributed by atoms with Crippen LogP contribution in [-0.4, -0.2) is 39.3 Å². The fourth-order valence-electron chi connectivity index (χ4n) is 5.74. The third kappa shape index (κ3) is 6.85. The molecule has 6 heteroatoms. The van der Waals surface area contributed by atoms with E-state index in [-0.39, 0.29) is 30.3 Å². The number of ether oxygens (including phenoxy) is 1. The molecule has 3 aliphatic rings. The van der Waals surface area contributed by atoms with Gasteiger partial charge in [0.25, 0.3) is 0 Å². The molecule has 0 amide bonds. The van der Waals surface area contributed by atoms with Crippen molar-refractivity contribution in [1.29, 1.82) is 0 Å². The lowest BCUT2D eigenvalue weighted by Crippen LogP contribution is -2.47. The van der Waals surface area contributed by atoms with Crippen LogP contribution in [0.3, 0.4) is 0 Å². The molecule has 1 heterocycles. The maximum Gasteiger partial charge on any atom is 0.188 e. The van der Waals surface area contributed by atoms with Crippen LogP contribution in [0.15, 0.2) is 59.1 Å². The average molecular weight is 511 g/mol. The predicted molar refractivity (Wildman–Crippen MR) is 143 cm³/mol. The van der Waals surface area contributed by atoms with Crippen LogP contribution in [0.1, 0.15) is 73.6 Å². The normalized spacial score (nSPS) is 32.2. The van der Waals surface area contributed by atoms with Gasteiger partial charge in [-0.25, -0.2) is 0 Å². The van der Waals surface area contributed by atoms with Gasteiger partial charge in [-0.05, 0) is 68.2 Å². The lowest BCUT2D eigenvalue weighted by Gasteiger charge is -2.39. The molecule has 0 aromatic rings. The minimum Gasteiger partial charge on any atom is -0.468 e. The van der Waals surface area contributed by atoms with Crippen LogP contribution in [0.25, 0.3) is 0 Å². The zero-order valence-electron chi connectivity index (χ0n) is 23.0. The Bertz CT molecular complexity index is 1070. The minimum absolute atomic E-state index is 0.0500. The van der Waals surface area contributed by atoms with Gasteiger partial charge in [-0.15, -0.1) is 0 Å². The number of hydrogen-bond acceptors (Lipinski definition) is 6. The fourth-order valence-corrected chi connectivity index (χ4v) is 5.74. The third-order valence-corrected chi connectivity index (χ3v) is 8.05. The van der Waals surface area contributed by atoms with Gasteiger partial charge in [-0.3, -0.25) is 14.4 Å². The molecule has 6 nitrogen and oxygen atoms in total. The van der Waals surface area contributed by atoms with E-state index < -0.39 is 29.3 Å². The molecule has 0 aromatic heterocycles. The first kappa shape index (κ1) is 29.0. The predicted octanol–water partition coefficient (Wildman–Crippen LogP) is 5.17. The summed E-state index contributed by atoms with van der Waals surface area (Å²) in [6, 6.07) is 0. The zero-order valence-corrected chi connectivity index (χ0v) is 23.0. The van der Waals surface area contributed by atoms with Crippen LogP contribution in [0.2, 0.25) is 0 Å². The van der Waals surface area contributed by atoms with Crippen LogP contribution in [-0.2, 0) is 19.1 Å². The number of carbonyl (C=O) groups is 3. The van der Waals surface area contributed by atoms with E-state index in [0.29, 0.717) is 35.2 Å². The summed E-state index contributed by atoms with van der Waals surface area (Å²) >= 11 is 0. The number of Topliss-reactive ketones (excluding diaryl/α,β-unsaturated/α-hetero) is 1. The SMILES string of the molecule is CCC(C)CC(C)C=C(C)/C=C/C(=O)C[C@H]1C2=COC([C@H]3C(=O)C[C@H](O)C[C@@H]3C)=CC2=CC(=O)[C@]1(C)O. The molecule has 1 fully saturated rings. The quantitative estimate of drug-likeness (QED) is 0.328. The van der Waals surface area contributed by atoms with E-state index in [1.54, 1.807) is 12.2 Å². The molecule has 3 rings (SSSR count). The summed E-state index contributed by atoms with van der Waals surface area (Å²) in [5.74, 6) is -0.656. The van der Waals surface area contributed by atoms with Crippen molar-refractivity contribution >= 4 is 17.3 Å². The van der Waals surface area contributed by atoms with Crippen molar-refractivity contribution < 1.29 is 29.3 Å². The summed E-state index contributed by atoms with van der Waals surface area (Å²) in [5.41, 5.74) is 0.378. The van der Waals surface area contributed by atoms with Crippen molar-refractivity contribution in [3.05, 3.63) is 59.1 Å². The smallest absolute Gasteiger partial charge is 0.188 e. The number of ketones is 3. The summed E-state index contributed by atoms with van der Waals surface area (Å²) in [6.07, 6.45) is 12.1. The molecule has 0 aromatic carbocycles. The molecule has 0 radical (unpaired) electrons. The Morgan fingerprint density at radius 3 is 2.59 bits per heavy atom. The van der Waals surface area contributed by atoms with Gasteiger partial charge in [-0.1, -0.05) is 51.8 Å². The van der Waals surface area contributed by atoms with Crippen molar-refractivity contribution in [2.45, 2.75) is 85.4 Å². The molecule has 1 saturated carbocycles. The van der Waals surface area contributed by atoms with Gasteiger partial charge < -0.3 is 14.9 Å². The van der Waals surface area contributed by atoms with E-state index in [0.717, 1.165) is 18.4 Å². The molecule has 2 N–H and O–H groups in total. The highest BCUT2D eigenvalue weighted by molar-refractivity contribution is 6.02. The molecule has 2 aliphatic carbocycles. The Hall–Kier alpha value is -2.57. The van der Waals surface area contributed by atoms with Crippen molar-refractivity contribution in [2.75, 3.05) is 0 Å². The first-order valence-electron chi connectivity index (χ1n) is 13.5. The topological polar surface area (TPSA) is 101 Å². The maximum absolute atomic E-state index is 12.9. The maximum atomic E-state index is 12.9. The second-order valence-corrected chi connectivity index (χ2v) is 11.6. The zero-order chi connectivity index (χ0) is 27.5. The number of allylic oxidation sites excluding steroid dienone is 7. The third-order valence-electron chi connectivity index (χ3n) is 8.05. The first-order chi connectivity index (χ1) is 17.3. The number of rotatable bonds is 9. The van der Waals surface area contributed by atoms with Gasteiger partial charge in [0, 0.05) is 24.3 Å². The Labute approximate surface area is 220 Å². The Balaban J connectivity index is 1.76. The Morgan fingerprint density at radius 2 is 1.95 bits per heavy atom. The highest BCUT2D eigenvalue weighted by Crippen LogP contribution is 2.43. The monoisotopic (exact) mass is 510 g/mol. The molecular weight excluding hydrogens is 468 g/mol. The van der Waals surface area contributed by atoms with Gasteiger partial charge >= 0.3 is 0 Å². The van der Waals surface area contributed by atoms with E-state index in [1.165, 1.54) is 25.3 Å². The average Bonchev–Trinajstić information content (AvgIpc) is 2.80. The van der Waals surface area contributed by atoms with Crippen molar-refractivity contribution in [3.8, 4) is 0 Å². The van der Waals surface area contributed by atoms with Crippen molar-refractivity contribution in [2.24, 2.45) is 29.6 Å². The summed E-state index contributed by atoms with van der Waals surface area (Å²) < 4.78 is 5.88. The van der Waals surface area contributed by atoms with Crippen LogP contribution < -0.4 is 0 Å². The van der Waals surface area contributed by atoms with Gasteiger partial charge in [-0.2, -0.15) is 0 Å². The molecule has 0 bridgehead atoms. The van der Waals surface area contributed by atoms with Crippen LogP contribution in [0, 0.1) is 29.6 Å². The van der Waals surface area contributed by atoms with E-state index in [9.17, 15) is 24.6 Å². The summed E-state index contributed by atoms with van der Waals surface area (Å²) in [7, 11) is 0. The van der Waals surface area contributed by atoms with Crippen molar-refractivity contribution in [1.82, 2.24) is 0 Å². The van der Waals surface area contributed by atoms with E-state index in [1.807, 2.05) is 13.8 Å². The second kappa shape index (κ2) is 11.9. The molecule has 7 atom stereocenters. The van der Waals surface area contributed by atoms with Gasteiger partial charge in [0.2, 0.25) is 0 Å². The molecule has 202 valence electrons. The van der Waals surface area contributed by atoms with Gasteiger partial charge in [0.15, 0.2) is 11.6 Å². The largest absolute Gasteiger partial charge is 0.468 e. The van der Waals surface area contributed by atoms with E-state index >= 15 is 0 Å². The first-order valence-corrected chi connectivity index (χ1v) is 13.5. The molecular formula is C31H42O6.